The largest absolute Gasteiger partial charge is 0.466 e. The minimum Gasteiger partial charge on any atom is -0.466 e. The van der Waals surface area contributed by atoms with Crippen LogP contribution in [0.4, 0.5) is 0 Å². The van der Waals surface area contributed by atoms with E-state index in [2.05, 4.69) is 24.2 Å². The quantitative estimate of drug-likeness (QED) is 0.389. The molecule has 14 heavy (non-hydrogen) atoms. The number of aliphatic imine (C=N–C) groups is 1. The van der Waals surface area contributed by atoms with Gasteiger partial charge in [0.05, 0.1) is 6.61 Å². The first-order valence-electron chi connectivity index (χ1n) is 5.76. The van der Waals surface area contributed by atoms with E-state index in [4.69, 9.17) is 4.74 Å². The van der Waals surface area contributed by atoms with Crippen LogP contribution in [-0.2, 0) is 4.74 Å². The van der Waals surface area contributed by atoms with E-state index in [1.165, 1.54) is 19.3 Å². The molecule has 0 aliphatic rings. The summed E-state index contributed by atoms with van der Waals surface area (Å²) in [5.41, 5.74) is 0. The molecule has 0 aliphatic heterocycles. The first-order chi connectivity index (χ1) is 6.85. The normalized spacial score (nSPS) is 11.5. The molecule has 0 amide bonds. The maximum Gasteiger partial charge on any atom is 0.284 e. The molecule has 0 saturated heterocycles. The molecule has 84 valence electrons. The second kappa shape index (κ2) is 10.4. The Bertz CT molecular complexity index is 146. The lowest BCUT2D eigenvalue weighted by Gasteiger charge is -2.09. The average Bonchev–Trinajstić information content (AvgIpc) is 2.18. The molecule has 0 spiro atoms. The molecule has 0 aromatic heterocycles. The molecule has 0 aliphatic carbocycles. The molecule has 0 atom stereocenters. The third-order valence-electron chi connectivity index (χ3n) is 1.85. The predicted octanol–water partition coefficient (Wildman–Crippen LogP) is 2.57. The highest BCUT2D eigenvalue weighted by Crippen LogP contribution is 1.90. The van der Waals surface area contributed by atoms with Crippen molar-refractivity contribution in [2.45, 2.75) is 46.5 Å². The minimum atomic E-state index is 0.685. The summed E-state index contributed by atoms with van der Waals surface area (Å²) in [4.78, 5) is 4.36. The highest BCUT2D eigenvalue weighted by Gasteiger charge is 1.96. The topological polar surface area (TPSA) is 33.6 Å². The van der Waals surface area contributed by atoms with Crippen molar-refractivity contribution in [3.05, 3.63) is 0 Å². The third-order valence-corrected chi connectivity index (χ3v) is 1.85. The van der Waals surface area contributed by atoms with Crippen molar-refractivity contribution in [1.29, 1.82) is 0 Å². The number of rotatable bonds is 7. The van der Waals surface area contributed by atoms with Crippen LogP contribution in [0.25, 0.3) is 0 Å². The average molecular weight is 200 g/mol. The third kappa shape index (κ3) is 7.90. The van der Waals surface area contributed by atoms with E-state index in [0.717, 1.165) is 25.5 Å². The monoisotopic (exact) mass is 200 g/mol. The van der Waals surface area contributed by atoms with E-state index in [9.17, 15) is 0 Å². The van der Waals surface area contributed by atoms with Crippen molar-refractivity contribution < 1.29 is 4.74 Å². The van der Waals surface area contributed by atoms with Gasteiger partial charge in [-0.2, -0.15) is 0 Å². The number of hydrogen-bond donors (Lipinski definition) is 1. The van der Waals surface area contributed by atoms with Crippen LogP contribution in [0.5, 0.6) is 0 Å². The van der Waals surface area contributed by atoms with Gasteiger partial charge in [-0.15, -0.1) is 0 Å². The van der Waals surface area contributed by atoms with Crippen molar-refractivity contribution >= 4 is 6.02 Å². The summed E-state index contributed by atoms with van der Waals surface area (Å²) < 4.78 is 5.37. The number of ether oxygens (including phenoxy) is 1. The molecule has 3 nitrogen and oxygen atoms in total. The standard InChI is InChI=1S/C11H24N2O/c1-4-7-9-12-11(14-6-3)13-10-8-5-2/h4-10H2,1-3H3,(H,12,13). The number of nitrogens with one attached hydrogen (secondary N) is 1. The van der Waals surface area contributed by atoms with Gasteiger partial charge < -0.3 is 10.1 Å². The van der Waals surface area contributed by atoms with Crippen molar-refractivity contribution in [2.24, 2.45) is 4.99 Å². The summed E-state index contributed by atoms with van der Waals surface area (Å²) in [6.45, 7) is 8.84. The van der Waals surface area contributed by atoms with Crippen LogP contribution in [0.15, 0.2) is 4.99 Å². The van der Waals surface area contributed by atoms with E-state index >= 15 is 0 Å². The molecule has 0 aromatic rings. The molecule has 0 aromatic carbocycles. The van der Waals surface area contributed by atoms with Crippen LogP contribution in [-0.4, -0.2) is 25.7 Å². The van der Waals surface area contributed by atoms with E-state index in [0.29, 0.717) is 6.61 Å². The van der Waals surface area contributed by atoms with Gasteiger partial charge in [0.15, 0.2) is 0 Å². The van der Waals surface area contributed by atoms with Gasteiger partial charge in [0.1, 0.15) is 0 Å². The fourth-order valence-electron chi connectivity index (χ4n) is 1.00. The minimum absolute atomic E-state index is 0.685. The van der Waals surface area contributed by atoms with E-state index < -0.39 is 0 Å². The molecule has 0 radical (unpaired) electrons. The van der Waals surface area contributed by atoms with Crippen molar-refractivity contribution in [3.8, 4) is 0 Å². The van der Waals surface area contributed by atoms with E-state index in [1.807, 2.05) is 6.92 Å². The Kier molecular flexibility index (Phi) is 9.81. The van der Waals surface area contributed by atoms with Gasteiger partial charge in [-0.25, -0.2) is 4.99 Å². The van der Waals surface area contributed by atoms with Crippen LogP contribution >= 0.6 is 0 Å². The number of nitrogens with zero attached hydrogens (tertiary/aromatic N) is 1. The summed E-state index contributed by atoms with van der Waals surface area (Å²) in [6, 6.07) is 0.717. The van der Waals surface area contributed by atoms with Crippen LogP contribution in [0.1, 0.15) is 46.5 Å². The van der Waals surface area contributed by atoms with Gasteiger partial charge in [-0.3, -0.25) is 0 Å². The molecule has 0 saturated carbocycles. The second-order valence-corrected chi connectivity index (χ2v) is 3.25. The number of amidine groups is 1. The molecule has 3 heteroatoms. The highest BCUT2D eigenvalue weighted by molar-refractivity contribution is 5.73. The smallest absolute Gasteiger partial charge is 0.284 e. The summed E-state index contributed by atoms with van der Waals surface area (Å²) in [5.74, 6) is 0. The molecule has 0 unspecified atom stereocenters. The Hall–Kier alpha value is -0.730. The van der Waals surface area contributed by atoms with Crippen molar-refractivity contribution in [3.63, 3.8) is 0 Å². The van der Waals surface area contributed by atoms with Gasteiger partial charge in [0.2, 0.25) is 0 Å². The molecule has 0 bridgehead atoms. The Labute approximate surface area is 87.9 Å². The SMILES string of the molecule is CCCCN=C(NCCCC)OCC. The molecular formula is C11H24N2O. The highest BCUT2D eigenvalue weighted by atomic mass is 16.5. The van der Waals surface area contributed by atoms with Gasteiger partial charge in [0.25, 0.3) is 6.02 Å². The second-order valence-electron chi connectivity index (χ2n) is 3.25. The molecule has 0 fully saturated rings. The van der Waals surface area contributed by atoms with Crippen molar-refractivity contribution in [2.75, 3.05) is 19.7 Å². The zero-order valence-corrected chi connectivity index (χ0v) is 9.81. The lowest BCUT2D eigenvalue weighted by atomic mass is 10.3. The molecular weight excluding hydrogens is 176 g/mol. The molecule has 0 heterocycles. The summed E-state index contributed by atoms with van der Waals surface area (Å²) in [7, 11) is 0. The van der Waals surface area contributed by atoms with Crippen LogP contribution in [0.3, 0.4) is 0 Å². The van der Waals surface area contributed by atoms with Crippen LogP contribution in [0, 0.1) is 0 Å². The fraction of sp³-hybridized carbons (Fsp3) is 0.909. The summed E-state index contributed by atoms with van der Waals surface area (Å²) >= 11 is 0. The fourth-order valence-corrected chi connectivity index (χ4v) is 1.00. The number of hydrogen-bond acceptors (Lipinski definition) is 2. The Morgan fingerprint density at radius 2 is 1.86 bits per heavy atom. The van der Waals surface area contributed by atoms with Crippen LogP contribution < -0.4 is 5.32 Å². The summed E-state index contributed by atoms with van der Waals surface area (Å²) in [5, 5.41) is 3.21. The maximum absolute atomic E-state index is 5.37. The summed E-state index contributed by atoms with van der Waals surface area (Å²) in [6.07, 6.45) is 4.67. The molecule has 0 rings (SSSR count). The Morgan fingerprint density at radius 3 is 2.43 bits per heavy atom. The van der Waals surface area contributed by atoms with Gasteiger partial charge >= 0.3 is 0 Å². The first kappa shape index (κ1) is 13.3. The predicted molar refractivity (Wildman–Crippen MR) is 61.7 cm³/mol. The maximum atomic E-state index is 5.37. The van der Waals surface area contributed by atoms with E-state index in [-0.39, 0.29) is 0 Å². The lowest BCUT2D eigenvalue weighted by molar-refractivity contribution is 0.308. The van der Waals surface area contributed by atoms with Crippen molar-refractivity contribution in [1.82, 2.24) is 5.32 Å². The van der Waals surface area contributed by atoms with Gasteiger partial charge in [-0.05, 0) is 19.8 Å². The Morgan fingerprint density at radius 1 is 1.14 bits per heavy atom. The lowest BCUT2D eigenvalue weighted by Crippen LogP contribution is -2.27. The zero-order valence-electron chi connectivity index (χ0n) is 9.81. The Balaban J connectivity index is 3.69. The first-order valence-corrected chi connectivity index (χ1v) is 5.76. The number of unbranched alkanes of at least 4 members (excludes halogenated alkanes) is 2. The van der Waals surface area contributed by atoms with E-state index in [1.54, 1.807) is 0 Å². The molecule has 1 N–H and O–H groups in total. The van der Waals surface area contributed by atoms with Crippen LogP contribution in [0.2, 0.25) is 0 Å². The van der Waals surface area contributed by atoms with Gasteiger partial charge in [-0.1, -0.05) is 26.7 Å². The van der Waals surface area contributed by atoms with Gasteiger partial charge in [0, 0.05) is 13.1 Å². The zero-order chi connectivity index (χ0) is 10.6.